The molecule has 1 aromatic rings. The molecule has 72 valence electrons. The molecule has 1 saturated heterocycles. The first-order valence-electron chi connectivity index (χ1n) is 4.42. The van der Waals surface area contributed by atoms with Crippen molar-refractivity contribution in [2.24, 2.45) is 0 Å². The van der Waals surface area contributed by atoms with Gasteiger partial charge < -0.3 is 4.98 Å². The van der Waals surface area contributed by atoms with Crippen LogP contribution in [0.5, 0.6) is 0 Å². The summed E-state index contributed by atoms with van der Waals surface area (Å²) in [6, 6.07) is 3.89. The van der Waals surface area contributed by atoms with Crippen molar-refractivity contribution in [2.45, 2.75) is 18.1 Å². The average molecular weight is 213 g/mol. The molecule has 1 fully saturated rings. The molecule has 0 amide bonds. The minimum absolute atomic E-state index is 0.730. The topological polar surface area (TPSA) is 15.8 Å². The van der Waals surface area contributed by atoms with Crippen LogP contribution in [0.15, 0.2) is 37.2 Å². The Labute approximate surface area is 87.8 Å². The van der Waals surface area contributed by atoms with E-state index >= 15 is 0 Å². The predicted octanol–water partition coefficient (Wildman–Crippen LogP) is 3.73. The van der Waals surface area contributed by atoms with Crippen LogP contribution in [0.25, 0.3) is 0 Å². The molecule has 0 aliphatic carbocycles. The fourth-order valence-electron chi connectivity index (χ4n) is 0.962. The summed E-state index contributed by atoms with van der Waals surface area (Å²) in [6.07, 6.45) is 8.51. The summed E-state index contributed by atoms with van der Waals surface area (Å²) in [5.41, 5.74) is 0. The summed E-state index contributed by atoms with van der Waals surface area (Å²) in [6.45, 7) is 3.75. The van der Waals surface area contributed by atoms with Gasteiger partial charge in [-0.1, -0.05) is 27.7 Å². The van der Waals surface area contributed by atoms with Crippen molar-refractivity contribution in [1.82, 2.24) is 4.98 Å². The Morgan fingerprint density at radius 3 is 2.46 bits per heavy atom. The number of rotatable bonds is 1. The van der Waals surface area contributed by atoms with Crippen LogP contribution in [-0.2, 0) is 0 Å². The van der Waals surface area contributed by atoms with Crippen molar-refractivity contribution < 1.29 is 0 Å². The molecule has 1 aliphatic heterocycles. The smallest absolute Gasteiger partial charge is 0.0328 e. The van der Waals surface area contributed by atoms with Crippen molar-refractivity contribution in [3.63, 3.8) is 0 Å². The van der Waals surface area contributed by atoms with Crippen LogP contribution in [0.4, 0.5) is 0 Å². The molecule has 2 rings (SSSR count). The second-order valence-electron chi connectivity index (χ2n) is 2.72. The Morgan fingerprint density at radius 1 is 1.38 bits per heavy atom. The van der Waals surface area contributed by atoms with Crippen LogP contribution >= 0.6 is 21.6 Å². The van der Waals surface area contributed by atoms with Crippen LogP contribution in [-0.4, -0.2) is 16.0 Å². The quantitative estimate of drug-likeness (QED) is 0.565. The summed E-state index contributed by atoms with van der Waals surface area (Å²) < 4.78 is 0. The molecule has 1 atom stereocenters. The molecule has 0 radical (unpaired) electrons. The number of H-pyrrole nitrogens is 1. The molecule has 1 N–H and O–H groups in total. The third-order valence-corrected chi connectivity index (χ3v) is 4.58. The Bertz CT molecular complexity index is 185. The van der Waals surface area contributed by atoms with Crippen molar-refractivity contribution in [3.05, 3.63) is 37.2 Å². The van der Waals surface area contributed by atoms with E-state index in [4.69, 9.17) is 0 Å². The molecular weight excluding hydrogens is 198 g/mol. The number of hydrogen-bond donors (Lipinski definition) is 1. The SMILES string of the molecule is C=CC1CCCSS1.c1cc[nH]c1. The van der Waals surface area contributed by atoms with Gasteiger partial charge in [0, 0.05) is 23.4 Å². The van der Waals surface area contributed by atoms with Gasteiger partial charge in [-0.3, -0.25) is 0 Å². The van der Waals surface area contributed by atoms with Crippen LogP contribution in [0.1, 0.15) is 12.8 Å². The summed E-state index contributed by atoms with van der Waals surface area (Å²) >= 11 is 0. The third-order valence-electron chi connectivity index (χ3n) is 1.67. The van der Waals surface area contributed by atoms with Crippen molar-refractivity contribution in [3.8, 4) is 0 Å². The van der Waals surface area contributed by atoms with E-state index in [1.54, 1.807) is 0 Å². The van der Waals surface area contributed by atoms with E-state index in [-0.39, 0.29) is 0 Å². The molecule has 0 aromatic carbocycles. The standard InChI is InChI=1S/C6H10S2.C4H5N/c1-2-6-4-3-5-7-8-6;1-2-4-5-3-1/h2,6H,1,3-5H2;1-5H. The molecule has 0 bridgehead atoms. The van der Waals surface area contributed by atoms with Gasteiger partial charge in [-0.15, -0.1) is 6.58 Å². The van der Waals surface area contributed by atoms with E-state index in [0.717, 1.165) is 5.25 Å². The maximum atomic E-state index is 3.75. The normalized spacial score (nSPS) is 21.4. The Hall–Kier alpha value is -0.280. The lowest BCUT2D eigenvalue weighted by Gasteiger charge is -2.15. The van der Waals surface area contributed by atoms with E-state index in [1.165, 1.54) is 18.6 Å². The first-order valence-corrected chi connectivity index (χ1v) is 6.80. The Morgan fingerprint density at radius 2 is 2.15 bits per heavy atom. The maximum absolute atomic E-state index is 3.75. The van der Waals surface area contributed by atoms with Crippen molar-refractivity contribution in [2.75, 3.05) is 5.75 Å². The fraction of sp³-hybridized carbons (Fsp3) is 0.400. The molecule has 0 saturated carbocycles. The zero-order valence-electron chi connectivity index (χ0n) is 7.61. The van der Waals surface area contributed by atoms with Gasteiger partial charge in [-0.05, 0) is 25.0 Å². The number of hydrogen-bond acceptors (Lipinski definition) is 2. The monoisotopic (exact) mass is 213 g/mol. The van der Waals surface area contributed by atoms with Gasteiger partial charge in [0.05, 0.1) is 0 Å². The lowest BCUT2D eigenvalue weighted by Crippen LogP contribution is -2.01. The molecule has 3 heteroatoms. The predicted molar refractivity (Wildman–Crippen MR) is 64.1 cm³/mol. The van der Waals surface area contributed by atoms with E-state index < -0.39 is 0 Å². The molecule has 2 heterocycles. The molecule has 1 nitrogen and oxygen atoms in total. The molecular formula is C10H15NS2. The van der Waals surface area contributed by atoms with Crippen molar-refractivity contribution >= 4 is 21.6 Å². The highest BCUT2D eigenvalue weighted by Crippen LogP contribution is 2.35. The summed E-state index contributed by atoms with van der Waals surface area (Å²) in [5.74, 6) is 1.33. The third kappa shape index (κ3) is 5.11. The second kappa shape index (κ2) is 7.15. The number of nitrogens with one attached hydrogen (secondary N) is 1. The lowest BCUT2D eigenvalue weighted by molar-refractivity contribution is 0.835. The average Bonchev–Trinajstić information content (AvgIpc) is 2.77. The highest BCUT2D eigenvalue weighted by atomic mass is 33.1. The lowest BCUT2D eigenvalue weighted by atomic mass is 10.2. The van der Waals surface area contributed by atoms with Crippen LogP contribution in [0.3, 0.4) is 0 Å². The fourth-order valence-corrected chi connectivity index (χ4v) is 3.55. The van der Waals surface area contributed by atoms with Gasteiger partial charge in [0.15, 0.2) is 0 Å². The van der Waals surface area contributed by atoms with Crippen LogP contribution in [0.2, 0.25) is 0 Å². The zero-order chi connectivity index (χ0) is 9.36. The zero-order valence-corrected chi connectivity index (χ0v) is 9.24. The minimum Gasteiger partial charge on any atom is -0.368 e. The first-order chi connectivity index (χ1) is 6.43. The van der Waals surface area contributed by atoms with Crippen molar-refractivity contribution in [1.29, 1.82) is 0 Å². The van der Waals surface area contributed by atoms with Gasteiger partial charge in [0.1, 0.15) is 0 Å². The molecule has 0 spiro atoms. The summed E-state index contributed by atoms with van der Waals surface area (Å²) in [5, 5.41) is 0.730. The van der Waals surface area contributed by atoms with Crippen LogP contribution < -0.4 is 0 Å². The van der Waals surface area contributed by atoms with Gasteiger partial charge >= 0.3 is 0 Å². The number of aromatic amines is 1. The van der Waals surface area contributed by atoms with E-state index in [2.05, 4.69) is 17.6 Å². The Kier molecular flexibility index (Phi) is 5.94. The molecule has 1 unspecified atom stereocenters. The van der Waals surface area contributed by atoms with Crippen LogP contribution in [0, 0.1) is 0 Å². The first kappa shape index (κ1) is 10.8. The van der Waals surface area contributed by atoms with Gasteiger partial charge in [-0.2, -0.15) is 0 Å². The van der Waals surface area contributed by atoms with Gasteiger partial charge in [0.25, 0.3) is 0 Å². The molecule has 1 aromatic heterocycles. The summed E-state index contributed by atoms with van der Waals surface area (Å²) in [4.78, 5) is 2.86. The summed E-state index contributed by atoms with van der Waals surface area (Å²) in [7, 11) is 3.93. The van der Waals surface area contributed by atoms with Gasteiger partial charge in [0.2, 0.25) is 0 Å². The van der Waals surface area contributed by atoms with E-state index in [0.29, 0.717) is 0 Å². The Balaban J connectivity index is 0.000000145. The minimum atomic E-state index is 0.730. The number of aromatic nitrogens is 1. The van der Waals surface area contributed by atoms with E-state index in [9.17, 15) is 0 Å². The highest BCUT2D eigenvalue weighted by molar-refractivity contribution is 8.77. The maximum Gasteiger partial charge on any atom is 0.0328 e. The molecule has 1 aliphatic rings. The van der Waals surface area contributed by atoms with E-state index in [1.807, 2.05) is 46.1 Å². The molecule has 13 heavy (non-hydrogen) atoms. The second-order valence-corrected chi connectivity index (χ2v) is 5.45. The largest absolute Gasteiger partial charge is 0.368 e. The van der Waals surface area contributed by atoms with Gasteiger partial charge in [-0.25, -0.2) is 0 Å². The highest BCUT2D eigenvalue weighted by Gasteiger charge is 2.09.